The molecule has 4 nitrogen and oxygen atoms in total. The Morgan fingerprint density at radius 3 is 3.33 bits per heavy atom. The molecule has 1 aliphatic heterocycles. The second kappa shape index (κ2) is 4.55. The van der Waals surface area contributed by atoms with Crippen LogP contribution in [0.3, 0.4) is 0 Å². The highest BCUT2D eigenvalue weighted by atomic mass is 35.5. The van der Waals surface area contributed by atoms with E-state index >= 15 is 0 Å². The molecule has 0 bridgehead atoms. The zero-order valence-electron chi connectivity index (χ0n) is 7.83. The van der Waals surface area contributed by atoms with Crippen LogP contribution in [0.15, 0.2) is 34.2 Å². The van der Waals surface area contributed by atoms with E-state index in [1.807, 2.05) is 6.07 Å². The van der Waals surface area contributed by atoms with Crippen molar-refractivity contribution in [3.63, 3.8) is 0 Å². The monoisotopic (exact) mass is 240 g/mol. The number of pyridine rings is 1. The molecule has 2 heterocycles. The highest BCUT2D eigenvalue weighted by Gasteiger charge is 2.13. The molecule has 0 radical (unpaired) electrons. The second-order valence-corrected chi connectivity index (χ2v) is 4.07. The lowest BCUT2D eigenvalue weighted by atomic mass is 10.4. The van der Waals surface area contributed by atoms with Gasteiger partial charge in [0.2, 0.25) is 5.96 Å². The van der Waals surface area contributed by atoms with Gasteiger partial charge in [0.1, 0.15) is 5.82 Å². The lowest BCUT2D eigenvalue weighted by molar-refractivity contribution is 1.03. The fourth-order valence-electron chi connectivity index (χ4n) is 1.06. The summed E-state index contributed by atoms with van der Waals surface area (Å²) in [5.74, 6) is 1.45. The van der Waals surface area contributed by atoms with Gasteiger partial charge in [0.05, 0.1) is 9.92 Å². The lowest BCUT2D eigenvalue weighted by Gasteiger charge is -2.16. The molecule has 0 saturated carbocycles. The van der Waals surface area contributed by atoms with Crippen molar-refractivity contribution in [3.05, 3.63) is 29.9 Å². The Hall–Kier alpha value is -1.20. The maximum absolute atomic E-state index is 5.82. The maximum atomic E-state index is 5.82. The van der Waals surface area contributed by atoms with Crippen LogP contribution in [0.2, 0.25) is 5.02 Å². The van der Waals surface area contributed by atoms with Crippen LogP contribution in [-0.2, 0) is 0 Å². The summed E-state index contributed by atoms with van der Waals surface area (Å²) < 4.78 is 4.21. The summed E-state index contributed by atoms with van der Waals surface area (Å²) in [5, 5.41) is 6.73. The van der Waals surface area contributed by atoms with Crippen molar-refractivity contribution in [1.29, 1.82) is 0 Å². The molecule has 0 aromatic carbocycles. The number of fused-ring (bicyclic) bond motifs is 1. The van der Waals surface area contributed by atoms with Gasteiger partial charge in [0, 0.05) is 24.7 Å². The predicted octanol–water partition coefficient (Wildman–Crippen LogP) is 2.30. The average molecular weight is 241 g/mol. The smallest absolute Gasteiger partial charge is 0.209 e. The molecule has 1 aliphatic rings. The van der Waals surface area contributed by atoms with Crippen LogP contribution in [0.5, 0.6) is 0 Å². The molecule has 0 aliphatic carbocycles. The summed E-state index contributed by atoms with van der Waals surface area (Å²) in [4.78, 5) is 5.09. The molecule has 0 fully saturated rings. The molecular formula is C9H9ClN4S. The normalized spacial score (nSPS) is 13.5. The molecule has 1 aromatic heterocycles. The van der Waals surface area contributed by atoms with Crippen molar-refractivity contribution in [3.8, 4) is 0 Å². The molecule has 2 N–H and O–H groups in total. The summed E-state index contributed by atoms with van der Waals surface area (Å²) in [7, 11) is 0. The van der Waals surface area contributed by atoms with E-state index in [0.29, 0.717) is 17.5 Å². The van der Waals surface area contributed by atoms with E-state index in [9.17, 15) is 0 Å². The highest BCUT2D eigenvalue weighted by molar-refractivity contribution is 7.98. The molecule has 1 aromatic rings. The van der Waals surface area contributed by atoms with E-state index in [1.54, 1.807) is 12.3 Å². The van der Waals surface area contributed by atoms with Gasteiger partial charge in [0.25, 0.3) is 0 Å². The van der Waals surface area contributed by atoms with E-state index in [4.69, 9.17) is 11.6 Å². The molecule has 0 spiro atoms. The number of hydrogen-bond acceptors (Lipinski definition) is 5. The van der Waals surface area contributed by atoms with Gasteiger partial charge < -0.3 is 10.6 Å². The third-order valence-electron chi connectivity index (χ3n) is 1.71. The highest BCUT2D eigenvalue weighted by Crippen LogP contribution is 2.31. The molecular weight excluding hydrogens is 232 g/mol. The molecule has 0 unspecified atom stereocenters. The van der Waals surface area contributed by atoms with Gasteiger partial charge in [0.15, 0.2) is 0 Å². The molecule has 6 heteroatoms. The quantitative estimate of drug-likeness (QED) is 0.615. The van der Waals surface area contributed by atoms with Crippen LogP contribution in [0.25, 0.3) is 0 Å². The maximum Gasteiger partial charge on any atom is 0.209 e. The van der Waals surface area contributed by atoms with Crippen molar-refractivity contribution in [2.75, 3.05) is 11.9 Å². The first-order valence-corrected chi connectivity index (χ1v) is 5.47. The number of halogens is 1. The average Bonchev–Trinajstić information content (AvgIpc) is 2.26. The fourth-order valence-corrected chi connectivity index (χ4v) is 1.95. The Bertz CT molecular complexity index is 419. The summed E-state index contributed by atoms with van der Waals surface area (Å²) in [6.45, 7) is 4.28. The van der Waals surface area contributed by atoms with Gasteiger partial charge in [-0.25, -0.2) is 4.98 Å². The SMILES string of the molecule is C=CCNC1=NSc2cc(Cl)cnc2N1. The van der Waals surface area contributed by atoms with Crippen molar-refractivity contribution in [2.24, 2.45) is 4.40 Å². The Labute approximate surface area is 97.0 Å². The van der Waals surface area contributed by atoms with Crippen molar-refractivity contribution in [1.82, 2.24) is 10.3 Å². The lowest BCUT2D eigenvalue weighted by Crippen LogP contribution is -2.32. The van der Waals surface area contributed by atoms with E-state index in [0.717, 1.165) is 10.7 Å². The van der Waals surface area contributed by atoms with Crippen molar-refractivity contribution >= 4 is 35.3 Å². The van der Waals surface area contributed by atoms with Crippen LogP contribution >= 0.6 is 23.5 Å². The van der Waals surface area contributed by atoms with Crippen molar-refractivity contribution in [2.45, 2.75) is 4.90 Å². The standard InChI is InChI=1S/C9H9ClN4S/c1-2-3-11-9-13-8-7(15-14-9)4-6(10)5-12-8/h2,4-5H,1,3H2,(H2,11,12,13,14). The third kappa shape index (κ3) is 2.43. The largest absolute Gasteiger partial charge is 0.352 e. The first kappa shape index (κ1) is 10.3. The molecule has 0 saturated heterocycles. The molecule has 0 atom stereocenters. The number of anilines is 1. The molecule has 0 amide bonds. The minimum atomic E-state index is 0.612. The van der Waals surface area contributed by atoms with Gasteiger partial charge in [-0.15, -0.1) is 6.58 Å². The van der Waals surface area contributed by atoms with Crippen molar-refractivity contribution < 1.29 is 0 Å². The fraction of sp³-hybridized carbons (Fsp3) is 0.111. The number of guanidine groups is 1. The Morgan fingerprint density at radius 2 is 2.53 bits per heavy atom. The van der Waals surface area contributed by atoms with E-state index < -0.39 is 0 Å². The Kier molecular flexibility index (Phi) is 3.13. The van der Waals surface area contributed by atoms with Gasteiger partial charge in [-0.2, -0.15) is 4.40 Å². The first-order chi connectivity index (χ1) is 7.29. The number of nitrogens with zero attached hydrogens (tertiary/aromatic N) is 2. The van der Waals surface area contributed by atoms with Gasteiger partial charge in [-0.3, -0.25) is 0 Å². The van der Waals surface area contributed by atoms with Gasteiger partial charge >= 0.3 is 0 Å². The summed E-state index contributed by atoms with van der Waals surface area (Å²) in [6.07, 6.45) is 3.37. The van der Waals surface area contributed by atoms with E-state index in [1.165, 1.54) is 11.9 Å². The van der Waals surface area contributed by atoms with Crippen LogP contribution in [-0.4, -0.2) is 17.5 Å². The minimum Gasteiger partial charge on any atom is -0.352 e. The number of aromatic nitrogens is 1. The molecule has 2 rings (SSSR count). The predicted molar refractivity (Wildman–Crippen MR) is 64.4 cm³/mol. The van der Waals surface area contributed by atoms with Crippen LogP contribution in [0, 0.1) is 0 Å². The summed E-state index contributed by atoms with van der Waals surface area (Å²) in [5.41, 5.74) is 0. The Balaban J connectivity index is 2.12. The number of hydrogen-bond donors (Lipinski definition) is 2. The summed E-state index contributed by atoms with van der Waals surface area (Å²) in [6, 6.07) is 1.83. The zero-order chi connectivity index (χ0) is 10.7. The van der Waals surface area contributed by atoms with Crippen LogP contribution in [0.1, 0.15) is 0 Å². The second-order valence-electron chi connectivity index (χ2n) is 2.83. The molecule has 78 valence electrons. The number of nitrogens with one attached hydrogen (secondary N) is 2. The number of rotatable bonds is 2. The third-order valence-corrected chi connectivity index (χ3v) is 2.69. The van der Waals surface area contributed by atoms with Crippen LogP contribution in [0.4, 0.5) is 5.82 Å². The Morgan fingerprint density at radius 1 is 1.67 bits per heavy atom. The minimum absolute atomic E-state index is 0.612. The first-order valence-electron chi connectivity index (χ1n) is 4.32. The van der Waals surface area contributed by atoms with E-state index in [2.05, 4.69) is 26.6 Å². The van der Waals surface area contributed by atoms with E-state index in [-0.39, 0.29) is 0 Å². The van der Waals surface area contributed by atoms with Gasteiger partial charge in [-0.1, -0.05) is 17.7 Å². The molecule has 15 heavy (non-hydrogen) atoms. The summed E-state index contributed by atoms with van der Waals surface area (Å²) >= 11 is 7.16. The van der Waals surface area contributed by atoms with Gasteiger partial charge in [-0.05, 0) is 6.07 Å². The van der Waals surface area contributed by atoms with Crippen LogP contribution < -0.4 is 10.6 Å². The topological polar surface area (TPSA) is 49.3 Å². The zero-order valence-corrected chi connectivity index (χ0v) is 9.40.